The number of nitrogens with zero attached hydrogens (tertiary/aromatic N) is 2. The van der Waals surface area contributed by atoms with Crippen molar-refractivity contribution in [2.24, 2.45) is 5.92 Å². The molecule has 4 nitrogen and oxygen atoms in total. The van der Waals surface area contributed by atoms with Crippen molar-refractivity contribution in [2.75, 3.05) is 13.1 Å². The van der Waals surface area contributed by atoms with Gasteiger partial charge >= 0.3 is 0 Å². The van der Waals surface area contributed by atoms with Crippen LogP contribution in [0.5, 0.6) is 0 Å². The van der Waals surface area contributed by atoms with Crippen LogP contribution in [0.2, 0.25) is 10.0 Å². The molecule has 2 heterocycles. The van der Waals surface area contributed by atoms with Crippen LogP contribution in [-0.4, -0.2) is 40.7 Å². The number of likely N-dealkylation sites (tertiary alicyclic amines) is 1. The first-order valence-electron chi connectivity index (χ1n) is 10.3. The molecule has 0 radical (unpaired) electrons. The van der Waals surface area contributed by atoms with Crippen molar-refractivity contribution in [1.29, 1.82) is 0 Å². The Bertz CT molecular complexity index is 822. The molecule has 0 aromatic heterocycles. The van der Waals surface area contributed by atoms with Crippen LogP contribution in [0.4, 0.5) is 0 Å². The van der Waals surface area contributed by atoms with Gasteiger partial charge in [0.05, 0.1) is 10.6 Å². The largest absolute Gasteiger partial charge is 0.366 e. The lowest BCUT2D eigenvalue weighted by Crippen LogP contribution is -2.44. The van der Waals surface area contributed by atoms with E-state index in [-0.39, 0.29) is 17.9 Å². The first kappa shape index (κ1) is 19.8. The molecule has 0 N–H and O–H groups in total. The fourth-order valence-corrected chi connectivity index (χ4v) is 5.17. The highest BCUT2D eigenvalue weighted by atomic mass is 35.5. The van der Waals surface area contributed by atoms with Crippen LogP contribution in [0.25, 0.3) is 5.57 Å². The topological polar surface area (TPSA) is 40.6 Å². The molecule has 3 aliphatic rings. The molecule has 2 aliphatic heterocycles. The summed E-state index contributed by atoms with van der Waals surface area (Å²) >= 11 is 12.5. The average molecular weight is 421 g/mol. The van der Waals surface area contributed by atoms with Crippen molar-refractivity contribution >= 4 is 40.6 Å². The smallest absolute Gasteiger partial charge is 0.278 e. The van der Waals surface area contributed by atoms with Gasteiger partial charge in [-0.1, -0.05) is 55.5 Å². The second kappa shape index (κ2) is 8.08. The number of piperidine rings is 1. The molecule has 2 fully saturated rings. The second-order valence-corrected chi connectivity index (χ2v) is 9.13. The Kier molecular flexibility index (Phi) is 5.71. The van der Waals surface area contributed by atoms with E-state index in [1.807, 2.05) is 0 Å². The molecule has 28 heavy (non-hydrogen) atoms. The lowest BCUT2D eigenvalue weighted by atomic mass is 9.94. The zero-order chi connectivity index (χ0) is 19.8. The molecular weight excluding hydrogens is 395 g/mol. The van der Waals surface area contributed by atoms with Gasteiger partial charge in [-0.2, -0.15) is 0 Å². The fraction of sp³-hybridized carbons (Fsp3) is 0.545. The minimum absolute atomic E-state index is 0.00367. The summed E-state index contributed by atoms with van der Waals surface area (Å²) in [6, 6.07) is 5.13. The first-order chi connectivity index (χ1) is 13.5. The third-order valence-electron chi connectivity index (χ3n) is 6.33. The number of rotatable bonds is 3. The predicted octanol–water partition coefficient (Wildman–Crippen LogP) is 5.14. The SMILES string of the molecule is CC1CCN(C2=C(c3ccc(Cl)cc3Cl)C(=O)N(C3CCCCC3)C2=O)CC1. The maximum Gasteiger partial charge on any atom is 0.278 e. The van der Waals surface area contributed by atoms with Gasteiger partial charge in [0.2, 0.25) is 0 Å². The summed E-state index contributed by atoms with van der Waals surface area (Å²) in [7, 11) is 0. The van der Waals surface area contributed by atoms with Gasteiger partial charge in [0.15, 0.2) is 0 Å². The van der Waals surface area contributed by atoms with Gasteiger partial charge in [0, 0.05) is 29.7 Å². The quantitative estimate of drug-likeness (QED) is 0.635. The summed E-state index contributed by atoms with van der Waals surface area (Å²) in [5, 5.41) is 0.931. The molecule has 0 unspecified atom stereocenters. The monoisotopic (exact) mass is 420 g/mol. The highest BCUT2D eigenvalue weighted by Gasteiger charge is 2.45. The van der Waals surface area contributed by atoms with E-state index in [1.165, 1.54) is 11.3 Å². The standard InChI is InChI=1S/C22H26Cl2N2O2/c1-14-9-11-25(12-10-14)20-19(17-8-7-15(23)13-18(17)24)21(27)26(22(20)28)16-5-3-2-4-6-16/h7-8,13-14,16H,2-6,9-12H2,1H3. The summed E-state index contributed by atoms with van der Waals surface area (Å²) in [6.07, 6.45) is 7.14. The zero-order valence-electron chi connectivity index (χ0n) is 16.2. The number of hydrogen-bond acceptors (Lipinski definition) is 3. The zero-order valence-corrected chi connectivity index (χ0v) is 17.7. The van der Waals surface area contributed by atoms with Crippen LogP contribution in [0.3, 0.4) is 0 Å². The number of amides is 2. The molecule has 0 bridgehead atoms. The van der Waals surface area contributed by atoms with Crippen LogP contribution in [-0.2, 0) is 9.59 Å². The van der Waals surface area contributed by atoms with E-state index in [9.17, 15) is 9.59 Å². The number of benzene rings is 1. The number of hydrogen-bond donors (Lipinski definition) is 0. The minimum Gasteiger partial charge on any atom is -0.366 e. The van der Waals surface area contributed by atoms with Gasteiger partial charge in [0.1, 0.15) is 5.70 Å². The maximum atomic E-state index is 13.5. The summed E-state index contributed by atoms with van der Waals surface area (Å²) in [5.74, 6) is 0.295. The van der Waals surface area contributed by atoms with Crippen LogP contribution in [0, 0.1) is 5.92 Å². The number of halogens is 2. The highest BCUT2D eigenvalue weighted by Crippen LogP contribution is 2.39. The van der Waals surface area contributed by atoms with E-state index in [0.717, 1.165) is 51.6 Å². The van der Waals surface area contributed by atoms with Gasteiger partial charge in [-0.15, -0.1) is 0 Å². The normalized spacial score (nSPS) is 22.5. The summed E-state index contributed by atoms with van der Waals surface area (Å²) < 4.78 is 0. The van der Waals surface area contributed by atoms with Crippen molar-refractivity contribution in [1.82, 2.24) is 9.80 Å². The lowest BCUT2D eigenvalue weighted by molar-refractivity contribution is -0.141. The summed E-state index contributed by atoms with van der Waals surface area (Å²) in [4.78, 5) is 30.6. The third kappa shape index (κ3) is 3.57. The van der Waals surface area contributed by atoms with Gasteiger partial charge < -0.3 is 4.90 Å². The first-order valence-corrected chi connectivity index (χ1v) is 11.1. The molecule has 1 saturated carbocycles. The molecule has 1 saturated heterocycles. The number of imide groups is 1. The Labute approximate surface area is 176 Å². The molecule has 150 valence electrons. The Morgan fingerprint density at radius 3 is 2.25 bits per heavy atom. The van der Waals surface area contributed by atoms with Gasteiger partial charge in [0.25, 0.3) is 11.8 Å². The maximum absolute atomic E-state index is 13.5. The van der Waals surface area contributed by atoms with Crippen molar-refractivity contribution < 1.29 is 9.59 Å². The average Bonchev–Trinajstić information content (AvgIpc) is 2.93. The minimum atomic E-state index is -0.199. The van der Waals surface area contributed by atoms with Gasteiger partial charge in [-0.25, -0.2) is 0 Å². The van der Waals surface area contributed by atoms with Gasteiger partial charge in [-0.3, -0.25) is 14.5 Å². The van der Waals surface area contributed by atoms with Crippen LogP contribution < -0.4 is 0 Å². The fourth-order valence-electron chi connectivity index (χ4n) is 4.67. The van der Waals surface area contributed by atoms with Crippen molar-refractivity contribution in [2.45, 2.75) is 57.9 Å². The molecule has 1 aromatic rings. The summed E-state index contributed by atoms with van der Waals surface area (Å²) in [6.45, 7) is 3.82. The van der Waals surface area contributed by atoms with Crippen LogP contribution >= 0.6 is 23.2 Å². The van der Waals surface area contributed by atoms with Crippen LogP contribution in [0.15, 0.2) is 23.9 Å². The van der Waals surface area contributed by atoms with E-state index in [0.29, 0.717) is 32.8 Å². The molecule has 1 aromatic carbocycles. The lowest BCUT2D eigenvalue weighted by Gasteiger charge is -2.34. The van der Waals surface area contributed by atoms with Crippen molar-refractivity contribution in [3.63, 3.8) is 0 Å². The Hall–Kier alpha value is -1.52. The molecule has 6 heteroatoms. The van der Waals surface area contributed by atoms with Crippen molar-refractivity contribution in [3.8, 4) is 0 Å². The highest BCUT2D eigenvalue weighted by molar-refractivity contribution is 6.41. The summed E-state index contributed by atoms with van der Waals surface area (Å²) in [5.41, 5.74) is 1.59. The van der Waals surface area contributed by atoms with E-state index < -0.39 is 0 Å². The van der Waals surface area contributed by atoms with E-state index in [2.05, 4.69) is 11.8 Å². The Balaban J connectivity index is 1.77. The number of carbonyl (C=O) groups excluding carboxylic acids is 2. The molecule has 0 spiro atoms. The molecule has 4 rings (SSSR count). The van der Waals surface area contributed by atoms with Crippen LogP contribution in [0.1, 0.15) is 57.4 Å². The Morgan fingerprint density at radius 2 is 1.61 bits per heavy atom. The molecule has 1 aliphatic carbocycles. The molecule has 2 amide bonds. The second-order valence-electron chi connectivity index (χ2n) is 8.29. The van der Waals surface area contributed by atoms with E-state index >= 15 is 0 Å². The van der Waals surface area contributed by atoms with E-state index in [1.54, 1.807) is 18.2 Å². The third-order valence-corrected chi connectivity index (χ3v) is 6.88. The molecular formula is C22H26Cl2N2O2. The molecule has 0 atom stereocenters. The Morgan fingerprint density at radius 1 is 0.929 bits per heavy atom. The van der Waals surface area contributed by atoms with E-state index in [4.69, 9.17) is 23.2 Å². The van der Waals surface area contributed by atoms with Gasteiger partial charge in [-0.05, 0) is 43.7 Å². The number of carbonyl (C=O) groups is 2. The predicted molar refractivity (Wildman–Crippen MR) is 112 cm³/mol. The van der Waals surface area contributed by atoms with Crippen molar-refractivity contribution in [3.05, 3.63) is 39.5 Å².